The summed E-state index contributed by atoms with van der Waals surface area (Å²) in [5.41, 5.74) is 4.37. The van der Waals surface area contributed by atoms with E-state index in [0.717, 1.165) is 53.7 Å². The highest BCUT2D eigenvalue weighted by atomic mass is 16.5. The molecule has 2 atom stereocenters. The van der Waals surface area contributed by atoms with Gasteiger partial charge < -0.3 is 14.5 Å². The lowest BCUT2D eigenvalue weighted by molar-refractivity contribution is 0.0967. The first-order valence-corrected chi connectivity index (χ1v) is 8.67. The van der Waals surface area contributed by atoms with Gasteiger partial charge in [-0.2, -0.15) is 9.61 Å². The Labute approximate surface area is 146 Å². The highest BCUT2D eigenvalue weighted by molar-refractivity contribution is 5.65. The molecule has 0 saturated carbocycles. The molecule has 1 saturated heterocycles. The first-order chi connectivity index (χ1) is 11.9. The topological polar surface area (TPSA) is 79.7 Å². The third-order valence-corrected chi connectivity index (χ3v) is 5.10. The lowest BCUT2D eigenvalue weighted by atomic mass is 9.96. The number of hydrogen-bond acceptors (Lipinski definition) is 6. The Morgan fingerprint density at radius 1 is 1.20 bits per heavy atom. The molecule has 4 heterocycles. The molecule has 1 fully saturated rings. The zero-order valence-corrected chi connectivity index (χ0v) is 15.0. The summed E-state index contributed by atoms with van der Waals surface area (Å²) in [5.74, 6) is 2.03. The summed E-state index contributed by atoms with van der Waals surface area (Å²) in [6.45, 7) is 9.67. The molecule has 3 aromatic heterocycles. The van der Waals surface area contributed by atoms with Crippen LogP contribution in [0.2, 0.25) is 0 Å². The first kappa shape index (κ1) is 16.1. The molecule has 1 N–H and O–H groups in total. The van der Waals surface area contributed by atoms with Crippen LogP contribution in [0.5, 0.6) is 0 Å². The van der Waals surface area contributed by atoms with Crippen molar-refractivity contribution in [2.75, 3.05) is 18.0 Å². The monoisotopic (exact) mass is 341 g/mol. The Morgan fingerprint density at radius 2 is 2.00 bits per heavy atom. The molecule has 1 aliphatic rings. The van der Waals surface area contributed by atoms with Crippen LogP contribution in [0.4, 0.5) is 5.82 Å². The van der Waals surface area contributed by atoms with Crippen molar-refractivity contribution in [1.29, 1.82) is 0 Å². The van der Waals surface area contributed by atoms with E-state index >= 15 is 0 Å². The van der Waals surface area contributed by atoms with Gasteiger partial charge in [-0.15, -0.1) is 0 Å². The molecule has 0 radical (unpaired) electrons. The van der Waals surface area contributed by atoms with Gasteiger partial charge in [0.1, 0.15) is 23.0 Å². The van der Waals surface area contributed by atoms with Gasteiger partial charge in [-0.05, 0) is 33.1 Å². The number of aliphatic hydroxyl groups excluding tert-OH is 1. The van der Waals surface area contributed by atoms with Crippen molar-refractivity contribution in [3.05, 3.63) is 29.2 Å². The van der Waals surface area contributed by atoms with Crippen LogP contribution in [0.25, 0.3) is 17.0 Å². The molecule has 0 bridgehead atoms. The number of piperidine rings is 1. The van der Waals surface area contributed by atoms with Gasteiger partial charge in [0.15, 0.2) is 5.65 Å². The number of nitrogens with zero attached hydrogens (tertiary/aromatic N) is 5. The van der Waals surface area contributed by atoms with E-state index in [1.54, 1.807) is 0 Å². The number of aryl methyl sites for hydroxylation is 2. The van der Waals surface area contributed by atoms with E-state index in [1.165, 1.54) is 0 Å². The lowest BCUT2D eigenvalue weighted by Gasteiger charge is -2.36. The summed E-state index contributed by atoms with van der Waals surface area (Å²) >= 11 is 0. The van der Waals surface area contributed by atoms with Crippen molar-refractivity contribution in [2.24, 2.45) is 5.92 Å². The maximum Gasteiger partial charge on any atom is 0.158 e. The summed E-state index contributed by atoms with van der Waals surface area (Å²) in [7, 11) is 0. The van der Waals surface area contributed by atoms with E-state index in [1.807, 2.05) is 30.5 Å². The van der Waals surface area contributed by atoms with Crippen LogP contribution in [0.1, 0.15) is 30.4 Å². The summed E-state index contributed by atoms with van der Waals surface area (Å²) in [4.78, 5) is 6.99. The first-order valence-electron chi connectivity index (χ1n) is 8.67. The van der Waals surface area contributed by atoms with Gasteiger partial charge in [0.05, 0.1) is 6.10 Å². The average molecular weight is 341 g/mol. The summed E-state index contributed by atoms with van der Waals surface area (Å²) in [6.07, 6.45) is 0.529. The maximum absolute atomic E-state index is 10.1. The van der Waals surface area contributed by atoms with Crippen LogP contribution in [0.3, 0.4) is 0 Å². The predicted molar refractivity (Wildman–Crippen MR) is 94.7 cm³/mol. The highest BCUT2D eigenvalue weighted by Crippen LogP contribution is 2.30. The molecule has 0 amide bonds. The van der Waals surface area contributed by atoms with Gasteiger partial charge in [0.25, 0.3) is 0 Å². The van der Waals surface area contributed by atoms with Gasteiger partial charge in [0, 0.05) is 36.5 Å². The van der Waals surface area contributed by atoms with Gasteiger partial charge in [-0.3, -0.25) is 0 Å². The van der Waals surface area contributed by atoms with Gasteiger partial charge in [-0.1, -0.05) is 12.1 Å². The van der Waals surface area contributed by atoms with Crippen LogP contribution in [-0.4, -0.2) is 44.1 Å². The standard InChI is InChI=1S/C18H23N5O2/c1-10-9-22(6-5-16(10)24)18-12(3)13(4)19-17-8-14(20-23(17)18)15-7-11(2)25-21-15/h7-8,10,16,24H,5-6,9H2,1-4H3/t10-,16+/m1/s1. The molecule has 0 unspecified atom stereocenters. The lowest BCUT2D eigenvalue weighted by Crippen LogP contribution is -2.43. The second kappa shape index (κ2) is 5.84. The number of aromatic nitrogens is 4. The van der Waals surface area contributed by atoms with E-state index in [0.29, 0.717) is 5.69 Å². The van der Waals surface area contributed by atoms with Gasteiger partial charge in [0.2, 0.25) is 0 Å². The summed E-state index contributed by atoms with van der Waals surface area (Å²) in [6, 6.07) is 3.82. The van der Waals surface area contributed by atoms with Crippen molar-refractivity contribution in [1.82, 2.24) is 19.8 Å². The maximum atomic E-state index is 10.1. The fourth-order valence-corrected chi connectivity index (χ4v) is 3.49. The van der Waals surface area contributed by atoms with Crippen molar-refractivity contribution in [3.63, 3.8) is 0 Å². The summed E-state index contributed by atoms with van der Waals surface area (Å²) in [5, 5.41) is 18.9. The largest absolute Gasteiger partial charge is 0.393 e. The smallest absolute Gasteiger partial charge is 0.158 e. The molecule has 132 valence electrons. The van der Waals surface area contributed by atoms with Crippen molar-refractivity contribution < 1.29 is 9.63 Å². The Morgan fingerprint density at radius 3 is 2.68 bits per heavy atom. The van der Waals surface area contributed by atoms with E-state index in [2.05, 4.69) is 28.9 Å². The highest BCUT2D eigenvalue weighted by Gasteiger charge is 2.28. The van der Waals surface area contributed by atoms with Gasteiger partial charge in [-0.25, -0.2) is 4.98 Å². The molecular formula is C18H23N5O2. The second-order valence-electron chi connectivity index (χ2n) is 7.05. The molecule has 0 spiro atoms. The minimum absolute atomic E-state index is 0.227. The van der Waals surface area contributed by atoms with Crippen molar-refractivity contribution in [2.45, 2.75) is 40.2 Å². The van der Waals surface area contributed by atoms with Gasteiger partial charge >= 0.3 is 0 Å². The van der Waals surface area contributed by atoms with E-state index in [-0.39, 0.29) is 12.0 Å². The average Bonchev–Trinajstić information content (AvgIpc) is 3.17. The molecular weight excluding hydrogens is 318 g/mol. The summed E-state index contributed by atoms with van der Waals surface area (Å²) < 4.78 is 7.07. The number of rotatable bonds is 2. The quantitative estimate of drug-likeness (QED) is 0.771. The van der Waals surface area contributed by atoms with Crippen LogP contribution in [0.15, 0.2) is 16.7 Å². The number of hydrogen-bond donors (Lipinski definition) is 1. The van der Waals surface area contributed by atoms with E-state index in [9.17, 15) is 5.11 Å². The molecule has 0 aliphatic carbocycles. The molecule has 3 aromatic rings. The number of fused-ring (bicyclic) bond motifs is 1. The van der Waals surface area contributed by atoms with Crippen molar-refractivity contribution in [3.8, 4) is 11.4 Å². The third-order valence-electron chi connectivity index (χ3n) is 5.10. The Balaban J connectivity index is 1.84. The third kappa shape index (κ3) is 2.68. The fourth-order valence-electron chi connectivity index (χ4n) is 3.49. The van der Waals surface area contributed by atoms with E-state index in [4.69, 9.17) is 9.62 Å². The van der Waals surface area contributed by atoms with Crippen LogP contribution in [-0.2, 0) is 0 Å². The number of aliphatic hydroxyl groups is 1. The molecule has 4 rings (SSSR count). The van der Waals surface area contributed by atoms with Crippen LogP contribution >= 0.6 is 0 Å². The Hall–Kier alpha value is -2.41. The van der Waals surface area contributed by atoms with E-state index < -0.39 is 0 Å². The fraction of sp³-hybridized carbons (Fsp3) is 0.500. The molecule has 1 aliphatic heterocycles. The number of anilines is 1. The zero-order chi connectivity index (χ0) is 17.7. The van der Waals surface area contributed by atoms with Crippen LogP contribution < -0.4 is 4.90 Å². The van der Waals surface area contributed by atoms with Crippen LogP contribution in [0, 0.1) is 26.7 Å². The predicted octanol–water partition coefficient (Wildman–Crippen LogP) is 2.52. The van der Waals surface area contributed by atoms with Crippen molar-refractivity contribution >= 4 is 11.5 Å². The Bertz CT molecular complexity index is 929. The zero-order valence-electron chi connectivity index (χ0n) is 15.0. The second-order valence-corrected chi connectivity index (χ2v) is 7.05. The minimum Gasteiger partial charge on any atom is -0.393 e. The molecule has 0 aromatic carbocycles. The normalized spacial score (nSPS) is 21.2. The SMILES string of the molecule is Cc1cc(-c2cc3nc(C)c(C)c(N4CC[C@H](O)[C@H](C)C4)n3n2)no1. The molecule has 7 nitrogen and oxygen atoms in total. The minimum atomic E-state index is -0.235. The molecule has 25 heavy (non-hydrogen) atoms. The Kier molecular flexibility index (Phi) is 3.76. The molecule has 7 heteroatoms.